The number of nitrogens with zero attached hydrogens (tertiary/aromatic N) is 3. The largest absolute Gasteiger partial charge is 0.322 e. The first-order valence-electron chi connectivity index (χ1n) is 8.68. The van der Waals surface area contributed by atoms with Crippen LogP contribution in [0.5, 0.6) is 0 Å². The number of fused-ring (bicyclic) bond motifs is 2. The average molecular weight is 350 g/mol. The number of aromatic nitrogens is 3. The fourth-order valence-corrected chi connectivity index (χ4v) is 3.36. The molecule has 0 unspecified atom stereocenters. The molecule has 3 heterocycles. The summed E-state index contributed by atoms with van der Waals surface area (Å²) >= 11 is 0. The molecule has 6 nitrogen and oxygen atoms in total. The number of anilines is 1. The topological polar surface area (TPSA) is 76.9 Å². The van der Waals surface area contributed by atoms with Crippen molar-refractivity contribution in [3.05, 3.63) is 64.5 Å². The predicted octanol–water partition coefficient (Wildman–Crippen LogP) is 3.26. The van der Waals surface area contributed by atoms with Crippen LogP contribution in [0.15, 0.2) is 47.5 Å². The zero-order valence-electron chi connectivity index (χ0n) is 14.8. The summed E-state index contributed by atoms with van der Waals surface area (Å²) in [5.74, 6) is 0.600. The molecule has 0 aliphatic carbocycles. The Balaban J connectivity index is 0.00000210. The smallest absolute Gasteiger partial charge is 0.261 e. The van der Waals surface area contributed by atoms with Crippen LogP contribution in [0.2, 0.25) is 0 Å². The molecule has 1 amide bonds. The lowest BCUT2D eigenvalue weighted by atomic mass is 9.85. The molecule has 1 N–H and O–H groups in total. The molecule has 0 radical (unpaired) electrons. The Labute approximate surface area is 152 Å². The third-order valence-corrected chi connectivity index (χ3v) is 4.85. The third-order valence-electron chi connectivity index (χ3n) is 4.85. The van der Waals surface area contributed by atoms with Crippen LogP contribution in [-0.4, -0.2) is 20.4 Å². The summed E-state index contributed by atoms with van der Waals surface area (Å²) in [4.78, 5) is 33.7. The van der Waals surface area contributed by atoms with Crippen molar-refractivity contribution in [2.24, 2.45) is 5.41 Å². The molecular formula is C20H22N4O2. The maximum absolute atomic E-state index is 12.8. The van der Waals surface area contributed by atoms with E-state index in [1.165, 1.54) is 0 Å². The first-order valence-corrected chi connectivity index (χ1v) is 8.68. The van der Waals surface area contributed by atoms with Crippen molar-refractivity contribution in [1.82, 2.24) is 14.5 Å². The molecule has 0 saturated heterocycles. The SMILES string of the molecule is CC1(C)CCc2nc3cc(NC(=O)c4ccncc4)ccc3c(=O)n2C1.[HH]. The minimum absolute atomic E-state index is 0. The van der Waals surface area contributed by atoms with E-state index in [2.05, 4.69) is 29.1 Å². The van der Waals surface area contributed by atoms with Gasteiger partial charge in [0, 0.05) is 38.0 Å². The highest BCUT2D eigenvalue weighted by Gasteiger charge is 2.27. The molecule has 3 aromatic rings. The molecule has 1 aliphatic rings. The quantitative estimate of drug-likeness (QED) is 0.769. The number of carbonyl (C=O) groups is 1. The highest BCUT2D eigenvalue weighted by atomic mass is 16.1. The second kappa shape index (κ2) is 6.05. The number of benzene rings is 1. The van der Waals surface area contributed by atoms with E-state index in [4.69, 9.17) is 0 Å². The summed E-state index contributed by atoms with van der Waals surface area (Å²) in [5.41, 5.74) is 1.86. The number of nitrogens with one attached hydrogen (secondary N) is 1. The van der Waals surface area contributed by atoms with Crippen molar-refractivity contribution < 1.29 is 6.22 Å². The Hall–Kier alpha value is -3.02. The van der Waals surface area contributed by atoms with Crippen molar-refractivity contribution >= 4 is 22.5 Å². The van der Waals surface area contributed by atoms with Crippen LogP contribution >= 0.6 is 0 Å². The summed E-state index contributed by atoms with van der Waals surface area (Å²) in [6.07, 6.45) is 4.94. The van der Waals surface area contributed by atoms with Crippen LogP contribution in [0.3, 0.4) is 0 Å². The highest BCUT2D eigenvalue weighted by Crippen LogP contribution is 2.29. The van der Waals surface area contributed by atoms with Crippen LogP contribution < -0.4 is 10.9 Å². The molecule has 0 atom stereocenters. The van der Waals surface area contributed by atoms with Gasteiger partial charge in [-0.15, -0.1) is 0 Å². The molecule has 0 fully saturated rings. The molecule has 1 aliphatic heterocycles. The second-order valence-corrected chi connectivity index (χ2v) is 7.51. The summed E-state index contributed by atoms with van der Waals surface area (Å²) in [6.45, 7) is 5.03. The van der Waals surface area contributed by atoms with E-state index in [-0.39, 0.29) is 18.3 Å². The fourth-order valence-electron chi connectivity index (χ4n) is 3.36. The molecule has 0 bridgehead atoms. The van der Waals surface area contributed by atoms with Gasteiger partial charge in [0.15, 0.2) is 0 Å². The monoisotopic (exact) mass is 350 g/mol. The van der Waals surface area contributed by atoms with Crippen molar-refractivity contribution in [2.75, 3.05) is 5.32 Å². The number of pyridine rings is 1. The minimum atomic E-state index is -0.219. The molecule has 2 aromatic heterocycles. The van der Waals surface area contributed by atoms with Gasteiger partial charge in [0.2, 0.25) is 0 Å². The van der Waals surface area contributed by atoms with Gasteiger partial charge < -0.3 is 5.32 Å². The Kier molecular flexibility index (Phi) is 3.83. The number of carbonyl (C=O) groups excluding carboxylic acids is 1. The first kappa shape index (κ1) is 16.4. The maximum atomic E-state index is 12.8. The predicted molar refractivity (Wildman–Crippen MR) is 102 cm³/mol. The standard InChI is InChI=1S/C20H20N4O2.H2/c1-20(2)8-5-17-23-16-11-14(3-4-15(16)19(26)24(17)12-20)22-18(25)13-6-9-21-10-7-13;/h3-4,6-7,9-11H,5,8,12H2,1-2H3,(H,22,25);1H. The Morgan fingerprint density at radius 1 is 1.23 bits per heavy atom. The number of amides is 1. The fraction of sp³-hybridized carbons (Fsp3) is 0.300. The first-order chi connectivity index (χ1) is 12.4. The normalized spacial score (nSPS) is 15.5. The van der Waals surface area contributed by atoms with E-state index < -0.39 is 0 Å². The third kappa shape index (κ3) is 2.98. The van der Waals surface area contributed by atoms with Crippen LogP contribution in [0.1, 0.15) is 37.9 Å². The Bertz CT molecular complexity index is 1060. The van der Waals surface area contributed by atoms with Crippen molar-refractivity contribution in [1.29, 1.82) is 0 Å². The van der Waals surface area contributed by atoms with Crippen molar-refractivity contribution in [3.8, 4) is 0 Å². The van der Waals surface area contributed by atoms with Crippen LogP contribution in [0.4, 0.5) is 5.69 Å². The Morgan fingerprint density at radius 2 is 2.00 bits per heavy atom. The van der Waals surface area contributed by atoms with E-state index >= 15 is 0 Å². The van der Waals surface area contributed by atoms with Gasteiger partial charge in [-0.3, -0.25) is 19.1 Å². The van der Waals surface area contributed by atoms with Gasteiger partial charge in [-0.05, 0) is 42.2 Å². The molecule has 1 aromatic carbocycles. The van der Waals surface area contributed by atoms with Crippen LogP contribution in [0, 0.1) is 5.41 Å². The van der Waals surface area contributed by atoms with Crippen molar-refractivity contribution in [2.45, 2.75) is 33.2 Å². The summed E-state index contributed by atoms with van der Waals surface area (Å²) in [7, 11) is 0. The number of aryl methyl sites for hydroxylation is 1. The molecule has 0 saturated carbocycles. The lowest BCUT2D eigenvalue weighted by Gasteiger charge is -2.31. The summed E-state index contributed by atoms with van der Waals surface area (Å²) in [6, 6.07) is 8.54. The number of hydrogen-bond donors (Lipinski definition) is 1. The zero-order chi connectivity index (χ0) is 18.3. The van der Waals surface area contributed by atoms with Gasteiger partial charge in [0.1, 0.15) is 5.82 Å². The van der Waals surface area contributed by atoms with E-state index in [0.717, 1.165) is 18.7 Å². The van der Waals surface area contributed by atoms with Gasteiger partial charge in [0.25, 0.3) is 11.5 Å². The lowest BCUT2D eigenvalue weighted by molar-refractivity contribution is 0.102. The molecule has 26 heavy (non-hydrogen) atoms. The van der Waals surface area contributed by atoms with Gasteiger partial charge >= 0.3 is 0 Å². The molecular weight excluding hydrogens is 328 g/mol. The van der Waals surface area contributed by atoms with Gasteiger partial charge in [0.05, 0.1) is 10.9 Å². The minimum Gasteiger partial charge on any atom is -0.322 e. The van der Waals surface area contributed by atoms with Crippen LogP contribution in [0.25, 0.3) is 10.9 Å². The van der Waals surface area contributed by atoms with E-state index in [9.17, 15) is 9.59 Å². The second-order valence-electron chi connectivity index (χ2n) is 7.51. The summed E-state index contributed by atoms with van der Waals surface area (Å²) < 4.78 is 1.79. The van der Waals surface area contributed by atoms with E-state index in [1.54, 1.807) is 47.3 Å². The molecule has 4 rings (SSSR count). The highest BCUT2D eigenvalue weighted by molar-refractivity contribution is 6.04. The van der Waals surface area contributed by atoms with Crippen LogP contribution in [-0.2, 0) is 13.0 Å². The molecule has 0 spiro atoms. The molecule has 6 heteroatoms. The van der Waals surface area contributed by atoms with Crippen molar-refractivity contribution in [3.63, 3.8) is 0 Å². The summed E-state index contributed by atoms with van der Waals surface area (Å²) in [5, 5.41) is 3.42. The lowest BCUT2D eigenvalue weighted by Crippen LogP contribution is -2.36. The zero-order valence-corrected chi connectivity index (χ0v) is 14.8. The Morgan fingerprint density at radius 3 is 2.77 bits per heavy atom. The number of rotatable bonds is 2. The number of hydrogen-bond acceptors (Lipinski definition) is 4. The van der Waals surface area contributed by atoms with E-state index in [0.29, 0.717) is 28.7 Å². The average Bonchev–Trinajstić information content (AvgIpc) is 2.63. The van der Waals surface area contributed by atoms with Gasteiger partial charge in [-0.1, -0.05) is 13.8 Å². The van der Waals surface area contributed by atoms with Gasteiger partial charge in [-0.2, -0.15) is 0 Å². The maximum Gasteiger partial charge on any atom is 0.261 e. The van der Waals surface area contributed by atoms with Gasteiger partial charge in [-0.25, -0.2) is 4.98 Å². The molecule has 134 valence electrons. The van der Waals surface area contributed by atoms with E-state index in [1.807, 2.05) is 0 Å².